The van der Waals surface area contributed by atoms with Crippen molar-refractivity contribution < 1.29 is 9.53 Å². The number of ether oxygens (including phenoxy) is 1. The molecule has 2 fully saturated rings. The zero-order chi connectivity index (χ0) is 16.4. The Bertz CT molecular complexity index is 676. The van der Waals surface area contributed by atoms with Gasteiger partial charge in [0.15, 0.2) is 0 Å². The van der Waals surface area contributed by atoms with Gasteiger partial charge in [-0.05, 0) is 30.0 Å². The maximum atomic E-state index is 13.0. The first-order chi connectivity index (χ1) is 11.8. The van der Waals surface area contributed by atoms with Gasteiger partial charge in [-0.25, -0.2) is 0 Å². The van der Waals surface area contributed by atoms with Gasteiger partial charge in [0.25, 0.3) is 5.91 Å². The lowest BCUT2D eigenvalue weighted by Gasteiger charge is -2.32. The van der Waals surface area contributed by atoms with Gasteiger partial charge in [-0.2, -0.15) is 0 Å². The number of nitrogens with zero attached hydrogens (tertiary/aromatic N) is 3. The van der Waals surface area contributed by atoms with Crippen molar-refractivity contribution in [2.45, 2.75) is 19.0 Å². The summed E-state index contributed by atoms with van der Waals surface area (Å²) in [6, 6.07) is 8.56. The highest BCUT2D eigenvalue weighted by molar-refractivity contribution is 7.09. The van der Waals surface area contributed by atoms with Crippen LogP contribution in [-0.4, -0.2) is 65.7 Å². The number of amides is 1. The van der Waals surface area contributed by atoms with Crippen LogP contribution in [0.3, 0.4) is 0 Å². The molecule has 0 N–H and O–H groups in total. The summed E-state index contributed by atoms with van der Waals surface area (Å²) in [5.74, 6) is 0.160. The molecule has 128 valence electrons. The van der Waals surface area contributed by atoms with Crippen LogP contribution in [0.15, 0.2) is 35.8 Å². The smallest absolute Gasteiger partial charge is 0.270 e. The van der Waals surface area contributed by atoms with E-state index >= 15 is 0 Å². The summed E-state index contributed by atoms with van der Waals surface area (Å²) in [7, 11) is 0. The molecular weight excluding hydrogens is 322 g/mol. The van der Waals surface area contributed by atoms with Gasteiger partial charge in [0.2, 0.25) is 0 Å². The maximum absolute atomic E-state index is 13.0. The van der Waals surface area contributed by atoms with Crippen molar-refractivity contribution in [3.63, 3.8) is 0 Å². The van der Waals surface area contributed by atoms with E-state index in [1.54, 1.807) is 11.3 Å². The molecule has 1 unspecified atom stereocenters. The third-order valence-corrected chi connectivity index (χ3v) is 5.83. The van der Waals surface area contributed by atoms with E-state index in [-0.39, 0.29) is 5.91 Å². The van der Waals surface area contributed by atoms with Gasteiger partial charge in [0.1, 0.15) is 5.69 Å². The number of aromatic nitrogens is 1. The second-order valence-electron chi connectivity index (χ2n) is 6.44. The minimum atomic E-state index is 0.160. The Kier molecular flexibility index (Phi) is 4.69. The number of rotatable bonds is 4. The molecule has 4 heterocycles. The van der Waals surface area contributed by atoms with Crippen LogP contribution in [0.4, 0.5) is 0 Å². The number of carbonyl (C=O) groups excluding carboxylic acids is 1. The average molecular weight is 345 g/mol. The Morgan fingerprint density at radius 1 is 1.21 bits per heavy atom. The van der Waals surface area contributed by atoms with E-state index in [0.29, 0.717) is 6.04 Å². The Morgan fingerprint density at radius 3 is 2.88 bits per heavy atom. The van der Waals surface area contributed by atoms with Crippen LogP contribution in [0.2, 0.25) is 0 Å². The Hall–Kier alpha value is -1.63. The minimum absolute atomic E-state index is 0.160. The van der Waals surface area contributed by atoms with Gasteiger partial charge in [-0.3, -0.25) is 9.69 Å². The lowest BCUT2D eigenvalue weighted by molar-refractivity contribution is 0.0185. The first-order valence-corrected chi connectivity index (χ1v) is 9.48. The summed E-state index contributed by atoms with van der Waals surface area (Å²) < 4.78 is 7.50. The van der Waals surface area contributed by atoms with Crippen molar-refractivity contribution in [1.29, 1.82) is 0 Å². The Morgan fingerprint density at radius 2 is 2.08 bits per heavy atom. The van der Waals surface area contributed by atoms with E-state index in [4.69, 9.17) is 4.74 Å². The third-order valence-electron chi connectivity index (χ3n) is 4.97. The molecule has 2 aliphatic heterocycles. The molecule has 0 spiro atoms. The molecule has 1 amide bonds. The fraction of sp³-hybridized carbons (Fsp3) is 0.500. The van der Waals surface area contributed by atoms with Crippen molar-refractivity contribution in [1.82, 2.24) is 14.4 Å². The zero-order valence-corrected chi connectivity index (χ0v) is 14.6. The highest BCUT2D eigenvalue weighted by Crippen LogP contribution is 2.20. The van der Waals surface area contributed by atoms with Crippen LogP contribution < -0.4 is 0 Å². The predicted molar refractivity (Wildman–Crippen MR) is 94.6 cm³/mol. The second-order valence-corrected chi connectivity index (χ2v) is 7.47. The van der Waals surface area contributed by atoms with Gasteiger partial charge in [-0.15, -0.1) is 11.3 Å². The van der Waals surface area contributed by atoms with Crippen LogP contribution >= 0.6 is 11.3 Å². The lowest BCUT2D eigenvalue weighted by atomic mass is 10.2. The number of carbonyl (C=O) groups is 1. The second kappa shape index (κ2) is 7.09. The predicted octanol–water partition coefficient (Wildman–Crippen LogP) is 2.14. The topological polar surface area (TPSA) is 37.7 Å². The van der Waals surface area contributed by atoms with Gasteiger partial charge in [0, 0.05) is 43.3 Å². The van der Waals surface area contributed by atoms with Crippen LogP contribution in [-0.2, 0) is 11.3 Å². The molecule has 2 aromatic heterocycles. The number of hydrogen-bond acceptors (Lipinski definition) is 4. The van der Waals surface area contributed by atoms with Crippen LogP contribution in [0, 0.1) is 0 Å². The molecule has 2 aliphatic rings. The molecule has 24 heavy (non-hydrogen) atoms. The van der Waals surface area contributed by atoms with E-state index in [9.17, 15) is 4.79 Å². The molecule has 0 aromatic carbocycles. The van der Waals surface area contributed by atoms with Gasteiger partial charge in [0.05, 0.1) is 19.8 Å². The molecule has 6 heteroatoms. The quantitative estimate of drug-likeness (QED) is 0.852. The highest BCUT2D eigenvalue weighted by atomic mass is 32.1. The van der Waals surface area contributed by atoms with Crippen molar-refractivity contribution in [3.8, 4) is 0 Å². The first-order valence-electron chi connectivity index (χ1n) is 8.60. The van der Waals surface area contributed by atoms with Crippen molar-refractivity contribution in [2.24, 2.45) is 0 Å². The van der Waals surface area contributed by atoms with Gasteiger partial charge >= 0.3 is 0 Å². The normalized spacial score (nSPS) is 22.2. The fourth-order valence-corrected chi connectivity index (χ4v) is 4.35. The zero-order valence-electron chi connectivity index (χ0n) is 13.8. The third kappa shape index (κ3) is 3.27. The van der Waals surface area contributed by atoms with Crippen LogP contribution in [0.1, 0.15) is 21.8 Å². The summed E-state index contributed by atoms with van der Waals surface area (Å²) in [6.07, 6.45) is 3.07. The molecule has 5 nitrogen and oxygen atoms in total. The number of morpholine rings is 1. The summed E-state index contributed by atoms with van der Waals surface area (Å²) in [4.78, 5) is 18.7. The highest BCUT2D eigenvalue weighted by Gasteiger charge is 2.32. The van der Waals surface area contributed by atoms with Crippen molar-refractivity contribution in [3.05, 3.63) is 46.4 Å². The summed E-state index contributed by atoms with van der Waals surface area (Å²) in [6.45, 7) is 6.06. The van der Waals surface area contributed by atoms with Crippen LogP contribution in [0.25, 0.3) is 0 Å². The van der Waals surface area contributed by atoms with E-state index in [0.717, 1.165) is 58.1 Å². The molecule has 0 radical (unpaired) electrons. The molecule has 0 aliphatic carbocycles. The standard InChI is InChI=1S/C18H23N3O2S/c22-18(17-4-1-6-20(17)14-16-3-2-12-24-16)21-7-5-15(13-21)19-8-10-23-11-9-19/h1-4,6,12,15H,5,7-11,13-14H2. The Labute approximate surface area is 146 Å². The Balaban J connectivity index is 1.42. The maximum Gasteiger partial charge on any atom is 0.270 e. The molecule has 0 saturated carbocycles. The SMILES string of the molecule is O=C(c1cccn1Cc1cccs1)N1CCC(N2CCOCC2)C1. The summed E-state index contributed by atoms with van der Waals surface area (Å²) >= 11 is 1.73. The lowest BCUT2D eigenvalue weighted by Crippen LogP contribution is -2.45. The molecule has 1 atom stereocenters. The fourth-order valence-electron chi connectivity index (χ4n) is 3.65. The number of thiophene rings is 1. The van der Waals surface area contributed by atoms with E-state index in [1.165, 1.54) is 4.88 Å². The number of likely N-dealkylation sites (tertiary alicyclic amines) is 1. The summed E-state index contributed by atoms with van der Waals surface area (Å²) in [5.41, 5.74) is 0.797. The van der Waals surface area contributed by atoms with E-state index in [1.807, 2.05) is 23.2 Å². The molecule has 2 aromatic rings. The van der Waals surface area contributed by atoms with Crippen LogP contribution in [0.5, 0.6) is 0 Å². The molecular formula is C18H23N3O2S. The first kappa shape index (κ1) is 15.9. The number of hydrogen-bond donors (Lipinski definition) is 0. The molecule has 0 bridgehead atoms. The van der Waals surface area contributed by atoms with E-state index < -0.39 is 0 Å². The monoisotopic (exact) mass is 345 g/mol. The molecule has 4 rings (SSSR count). The van der Waals surface area contributed by atoms with Gasteiger partial charge in [-0.1, -0.05) is 6.07 Å². The summed E-state index contributed by atoms with van der Waals surface area (Å²) in [5, 5.41) is 2.08. The van der Waals surface area contributed by atoms with Gasteiger partial charge < -0.3 is 14.2 Å². The minimum Gasteiger partial charge on any atom is -0.379 e. The largest absolute Gasteiger partial charge is 0.379 e. The van der Waals surface area contributed by atoms with Crippen molar-refractivity contribution >= 4 is 17.2 Å². The molecule has 2 saturated heterocycles. The van der Waals surface area contributed by atoms with E-state index in [2.05, 4.69) is 27.0 Å². The van der Waals surface area contributed by atoms with Crippen molar-refractivity contribution in [2.75, 3.05) is 39.4 Å². The average Bonchev–Trinajstić information content (AvgIpc) is 3.37.